The van der Waals surface area contributed by atoms with Crippen molar-refractivity contribution in [3.05, 3.63) is 30.6 Å². The minimum Gasteiger partial charge on any atom is -0.493 e. The molecule has 2 N–H and O–H groups in total. The van der Waals surface area contributed by atoms with Crippen LogP contribution in [0.2, 0.25) is 0 Å². The lowest BCUT2D eigenvalue weighted by Gasteiger charge is -2.11. The summed E-state index contributed by atoms with van der Waals surface area (Å²) in [5.41, 5.74) is 0.868. The van der Waals surface area contributed by atoms with E-state index in [1.165, 1.54) is 6.33 Å². The molecule has 0 radical (unpaired) electrons. The molecule has 0 amide bonds. The molecule has 112 valence electrons. The van der Waals surface area contributed by atoms with Gasteiger partial charge < -0.3 is 20.1 Å². The molecular formula is C15H20N4O2. The Hall–Kier alpha value is -2.50. The highest BCUT2D eigenvalue weighted by molar-refractivity contribution is 5.62. The summed E-state index contributed by atoms with van der Waals surface area (Å²) in [6.45, 7) is 2.99. The number of anilines is 3. The standard InChI is InChI=1S/C15H20N4O2/c1-4-7-16-14-9-15(18-10-17-14)19-11-5-6-12(20-2)13(8-11)21-3/h5-6,8-10H,4,7H2,1-3H3,(H2,16,17,18,19). The number of nitrogens with zero attached hydrogens (tertiary/aromatic N) is 2. The normalized spacial score (nSPS) is 10.0. The van der Waals surface area contributed by atoms with Gasteiger partial charge in [0.15, 0.2) is 11.5 Å². The molecule has 0 bridgehead atoms. The van der Waals surface area contributed by atoms with Gasteiger partial charge in [-0.05, 0) is 18.6 Å². The predicted octanol–water partition coefficient (Wildman–Crippen LogP) is 3.06. The minimum atomic E-state index is 0.667. The van der Waals surface area contributed by atoms with Crippen molar-refractivity contribution in [2.75, 3.05) is 31.4 Å². The van der Waals surface area contributed by atoms with Crippen LogP contribution >= 0.6 is 0 Å². The molecule has 0 spiro atoms. The number of methoxy groups -OCH3 is 2. The zero-order chi connectivity index (χ0) is 15.1. The van der Waals surface area contributed by atoms with Gasteiger partial charge in [0.25, 0.3) is 0 Å². The third-order valence-corrected chi connectivity index (χ3v) is 2.88. The van der Waals surface area contributed by atoms with Crippen LogP contribution in [0.15, 0.2) is 30.6 Å². The first-order valence-corrected chi connectivity index (χ1v) is 6.81. The summed E-state index contributed by atoms with van der Waals surface area (Å²) in [6, 6.07) is 7.48. The Bertz CT molecular complexity index is 590. The van der Waals surface area contributed by atoms with Crippen LogP contribution in [0, 0.1) is 0 Å². The SMILES string of the molecule is CCCNc1cc(Nc2ccc(OC)c(OC)c2)ncn1. The lowest BCUT2D eigenvalue weighted by Crippen LogP contribution is -2.03. The largest absolute Gasteiger partial charge is 0.493 e. The molecule has 2 aromatic rings. The summed E-state index contributed by atoms with van der Waals surface area (Å²) >= 11 is 0. The highest BCUT2D eigenvalue weighted by Crippen LogP contribution is 2.30. The third kappa shape index (κ3) is 3.98. The van der Waals surface area contributed by atoms with E-state index in [1.54, 1.807) is 14.2 Å². The molecule has 0 saturated carbocycles. The minimum absolute atomic E-state index is 0.667. The smallest absolute Gasteiger partial charge is 0.162 e. The highest BCUT2D eigenvalue weighted by Gasteiger charge is 2.05. The first-order chi connectivity index (χ1) is 10.3. The molecule has 0 fully saturated rings. The van der Waals surface area contributed by atoms with Crippen molar-refractivity contribution in [3.63, 3.8) is 0 Å². The quantitative estimate of drug-likeness (QED) is 0.816. The van der Waals surface area contributed by atoms with Gasteiger partial charge in [-0.15, -0.1) is 0 Å². The van der Waals surface area contributed by atoms with Crippen molar-refractivity contribution in [2.45, 2.75) is 13.3 Å². The fourth-order valence-electron chi connectivity index (χ4n) is 1.84. The van der Waals surface area contributed by atoms with Gasteiger partial charge in [0.05, 0.1) is 14.2 Å². The monoisotopic (exact) mass is 288 g/mol. The number of hydrogen-bond acceptors (Lipinski definition) is 6. The first-order valence-electron chi connectivity index (χ1n) is 6.81. The first kappa shape index (κ1) is 14.9. The van der Waals surface area contributed by atoms with Gasteiger partial charge in [0, 0.05) is 24.4 Å². The van der Waals surface area contributed by atoms with E-state index in [9.17, 15) is 0 Å². The van der Waals surface area contributed by atoms with Crippen LogP contribution in [0.3, 0.4) is 0 Å². The summed E-state index contributed by atoms with van der Waals surface area (Å²) in [6.07, 6.45) is 2.57. The van der Waals surface area contributed by atoms with Gasteiger partial charge in [-0.2, -0.15) is 0 Å². The van der Waals surface area contributed by atoms with Crippen molar-refractivity contribution in [1.82, 2.24) is 9.97 Å². The topological polar surface area (TPSA) is 68.3 Å². The van der Waals surface area contributed by atoms with Crippen LogP contribution in [-0.4, -0.2) is 30.7 Å². The van der Waals surface area contributed by atoms with Crippen LogP contribution in [0.4, 0.5) is 17.3 Å². The Morgan fingerprint density at radius 2 is 1.76 bits per heavy atom. The van der Waals surface area contributed by atoms with E-state index >= 15 is 0 Å². The number of ether oxygens (including phenoxy) is 2. The lowest BCUT2D eigenvalue weighted by molar-refractivity contribution is 0.355. The van der Waals surface area contributed by atoms with E-state index in [0.717, 1.165) is 30.3 Å². The Morgan fingerprint density at radius 3 is 2.48 bits per heavy atom. The van der Waals surface area contributed by atoms with E-state index in [0.29, 0.717) is 11.5 Å². The molecule has 0 unspecified atom stereocenters. The number of rotatable bonds is 7. The number of hydrogen-bond donors (Lipinski definition) is 2. The van der Waals surface area contributed by atoms with Crippen molar-refractivity contribution in [1.29, 1.82) is 0 Å². The fourth-order valence-corrected chi connectivity index (χ4v) is 1.84. The molecule has 6 heteroatoms. The highest BCUT2D eigenvalue weighted by atomic mass is 16.5. The molecule has 0 aliphatic carbocycles. The average molecular weight is 288 g/mol. The summed E-state index contributed by atoms with van der Waals surface area (Å²) in [5.74, 6) is 2.88. The molecule has 21 heavy (non-hydrogen) atoms. The Balaban J connectivity index is 2.14. The number of benzene rings is 1. The molecular weight excluding hydrogens is 268 g/mol. The fraction of sp³-hybridized carbons (Fsp3) is 0.333. The van der Waals surface area contributed by atoms with Crippen molar-refractivity contribution in [3.8, 4) is 11.5 Å². The number of nitrogens with one attached hydrogen (secondary N) is 2. The maximum Gasteiger partial charge on any atom is 0.162 e. The molecule has 0 aliphatic rings. The molecule has 1 heterocycles. The van der Waals surface area contributed by atoms with Crippen LogP contribution in [0.5, 0.6) is 11.5 Å². The molecule has 0 aliphatic heterocycles. The maximum atomic E-state index is 5.28. The second-order valence-electron chi connectivity index (χ2n) is 4.41. The van der Waals surface area contributed by atoms with Gasteiger partial charge in [-0.25, -0.2) is 9.97 Å². The molecule has 1 aromatic carbocycles. The van der Waals surface area contributed by atoms with Crippen LogP contribution < -0.4 is 20.1 Å². The van der Waals surface area contributed by atoms with Crippen LogP contribution in [-0.2, 0) is 0 Å². The van der Waals surface area contributed by atoms with Crippen molar-refractivity contribution in [2.24, 2.45) is 0 Å². The molecule has 0 saturated heterocycles. The van der Waals surface area contributed by atoms with Gasteiger partial charge in [0.2, 0.25) is 0 Å². The van der Waals surface area contributed by atoms with Crippen molar-refractivity contribution < 1.29 is 9.47 Å². The van der Waals surface area contributed by atoms with E-state index in [4.69, 9.17) is 9.47 Å². The molecule has 2 rings (SSSR count). The second kappa shape index (κ2) is 7.33. The zero-order valence-corrected chi connectivity index (χ0v) is 12.5. The molecule has 1 aromatic heterocycles. The number of aromatic nitrogens is 2. The van der Waals surface area contributed by atoms with Gasteiger partial charge in [-0.3, -0.25) is 0 Å². The predicted molar refractivity (Wildman–Crippen MR) is 83.6 cm³/mol. The van der Waals surface area contributed by atoms with Gasteiger partial charge in [0.1, 0.15) is 18.0 Å². The Kier molecular flexibility index (Phi) is 5.20. The van der Waals surface area contributed by atoms with Gasteiger partial charge >= 0.3 is 0 Å². The Labute approximate surface area is 124 Å². The summed E-state index contributed by atoms with van der Waals surface area (Å²) in [4.78, 5) is 8.38. The van der Waals surface area contributed by atoms with E-state index in [-0.39, 0.29) is 0 Å². The zero-order valence-electron chi connectivity index (χ0n) is 12.5. The van der Waals surface area contributed by atoms with Crippen LogP contribution in [0.1, 0.15) is 13.3 Å². The summed E-state index contributed by atoms with van der Waals surface area (Å²) < 4.78 is 10.5. The van der Waals surface area contributed by atoms with E-state index in [2.05, 4.69) is 27.5 Å². The van der Waals surface area contributed by atoms with Crippen LogP contribution in [0.25, 0.3) is 0 Å². The van der Waals surface area contributed by atoms with Crippen molar-refractivity contribution >= 4 is 17.3 Å². The summed E-state index contributed by atoms with van der Waals surface area (Å²) in [7, 11) is 3.22. The second-order valence-corrected chi connectivity index (χ2v) is 4.41. The van der Waals surface area contributed by atoms with E-state index in [1.807, 2.05) is 24.3 Å². The summed E-state index contributed by atoms with van der Waals surface area (Å²) in [5, 5.41) is 6.45. The average Bonchev–Trinajstić information content (AvgIpc) is 2.53. The lowest BCUT2D eigenvalue weighted by atomic mass is 10.2. The Morgan fingerprint density at radius 1 is 1.00 bits per heavy atom. The third-order valence-electron chi connectivity index (χ3n) is 2.88. The maximum absolute atomic E-state index is 5.28. The van der Waals surface area contributed by atoms with Gasteiger partial charge in [-0.1, -0.05) is 6.92 Å². The van der Waals surface area contributed by atoms with E-state index < -0.39 is 0 Å². The molecule has 0 atom stereocenters. The molecule has 6 nitrogen and oxygen atoms in total.